The lowest BCUT2D eigenvalue weighted by Crippen LogP contribution is -2.14. The number of hydrogen-bond acceptors (Lipinski definition) is 6. The van der Waals surface area contributed by atoms with Crippen molar-refractivity contribution in [3.63, 3.8) is 0 Å². The Kier molecular flexibility index (Phi) is 5.79. The van der Waals surface area contributed by atoms with Gasteiger partial charge in [-0.1, -0.05) is 17.3 Å². The maximum absolute atomic E-state index is 12.4. The van der Waals surface area contributed by atoms with Crippen molar-refractivity contribution in [3.05, 3.63) is 83.3 Å². The highest BCUT2D eigenvalue weighted by Crippen LogP contribution is 2.18. The van der Waals surface area contributed by atoms with Crippen molar-refractivity contribution in [1.29, 1.82) is 0 Å². The average Bonchev–Trinajstić information content (AvgIpc) is 3.32. The van der Waals surface area contributed by atoms with Crippen molar-refractivity contribution in [2.75, 3.05) is 5.32 Å². The van der Waals surface area contributed by atoms with E-state index in [2.05, 4.69) is 20.6 Å². The molecule has 31 heavy (non-hydrogen) atoms. The van der Waals surface area contributed by atoms with Crippen LogP contribution in [0.1, 0.15) is 28.7 Å². The van der Waals surface area contributed by atoms with Crippen LogP contribution in [0.25, 0.3) is 5.69 Å². The van der Waals surface area contributed by atoms with Crippen LogP contribution in [0.2, 0.25) is 0 Å². The van der Waals surface area contributed by atoms with Crippen LogP contribution in [0, 0.1) is 20.8 Å². The topological polar surface area (TPSA) is 95.1 Å². The first-order valence-corrected chi connectivity index (χ1v) is 9.91. The van der Waals surface area contributed by atoms with Gasteiger partial charge in [-0.25, -0.2) is 4.68 Å². The molecule has 2 aromatic heterocycles. The summed E-state index contributed by atoms with van der Waals surface area (Å²) in [5.41, 5.74) is 4.65. The molecule has 4 aromatic rings. The monoisotopic (exact) mass is 417 g/mol. The Morgan fingerprint density at radius 1 is 1.06 bits per heavy atom. The Bertz CT molecular complexity index is 1180. The number of anilines is 1. The molecule has 0 saturated heterocycles. The van der Waals surface area contributed by atoms with Gasteiger partial charge >= 0.3 is 0 Å². The standard InChI is InChI=1S/C23H23N5O3/c1-15-12-16(2)28(26-15)20-8-4-18(5-9-20)13-22(29)25-19-6-10-21(11-7-19)30-14-23-24-17(3)27-31-23/h4-12H,13-14H2,1-3H3,(H,25,29). The highest BCUT2D eigenvalue weighted by atomic mass is 16.5. The molecular formula is C23H23N5O3. The molecule has 2 aromatic carbocycles. The second kappa shape index (κ2) is 8.83. The number of carbonyl (C=O) groups is 1. The summed E-state index contributed by atoms with van der Waals surface area (Å²) >= 11 is 0. The number of nitrogens with one attached hydrogen (secondary N) is 1. The number of nitrogens with zero attached hydrogens (tertiary/aromatic N) is 4. The molecule has 158 valence electrons. The zero-order valence-electron chi connectivity index (χ0n) is 17.6. The number of benzene rings is 2. The van der Waals surface area contributed by atoms with E-state index in [9.17, 15) is 4.79 Å². The van der Waals surface area contributed by atoms with Crippen LogP contribution < -0.4 is 10.1 Å². The van der Waals surface area contributed by atoms with Crippen molar-refractivity contribution in [2.45, 2.75) is 33.8 Å². The van der Waals surface area contributed by atoms with Crippen LogP contribution in [-0.4, -0.2) is 25.8 Å². The Morgan fingerprint density at radius 2 is 1.81 bits per heavy atom. The van der Waals surface area contributed by atoms with Crippen LogP contribution in [0.3, 0.4) is 0 Å². The summed E-state index contributed by atoms with van der Waals surface area (Å²) in [6, 6.07) is 17.0. The van der Waals surface area contributed by atoms with Gasteiger partial charge in [-0.05, 0) is 68.8 Å². The first-order valence-electron chi connectivity index (χ1n) is 9.91. The summed E-state index contributed by atoms with van der Waals surface area (Å²) in [5.74, 6) is 1.54. The van der Waals surface area contributed by atoms with Crippen molar-refractivity contribution >= 4 is 11.6 Å². The Labute approximate surface area is 179 Å². The third-order valence-corrected chi connectivity index (χ3v) is 4.63. The zero-order valence-corrected chi connectivity index (χ0v) is 17.6. The van der Waals surface area contributed by atoms with Gasteiger partial charge in [0.25, 0.3) is 5.89 Å². The molecule has 0 bridgehead atoms. The van der Waals surface area contributed by atoms with Crippen LogP contribution in [-0.2, 0) is 17.8 Å². The molecule has 1 amide bonds. The summed E-state index contributed by atoms with van der Waals surface area (Å²) in [5, 5.41) is 11.1. The SMILES string of the molecule is Cc1cc(C)n(-c2ccc(CC(=O)Nc3ccc(OCc4nc(C)no4)cc3)cc2)n1. The van der Waals surface area contributed by atoms with Crippen LogP contribution in [0.4, 0.5) is 5.69 Å². The minimum absolute atomic E-state index is 0.0890. The fraction of sp³-hybridized carbons (Fsp3) is 0.217. The number of rotatable bonds is 7. The van der Waals surface area contributed by atoms with Crippen molar-refractivity contribution in [2.24, 2.45) is 0 Å². The van der Waals surface area contributed by atoms with Crippen molar-refractivity contribution in [3.8, 4) is 11.4 Å². The highest BCUT2D eigenvalue weighted by molar-refractivity contribution is 5.92. The molecule has 0 atom stereocenters. The molecule has 8 heteroatoms. The number of amides is 1. The normalized spacial score (nSPS) is 10.8. The lowest BCUT2D eigenvalue weighted by molar-refractivity contribution is -0.115. The fourth-order valence-electron chi connectivity index (χ4n) is 3.21. The van der Waals surface area contributed by atoms with E-state index in [1.165, 1.54) is 0 Å². The molecule has 2 heterocycles. The van der Waals surface area contributed by atoms with Crippen molar-refractivity contribution < 1.29 is 14.1 Å². The molecule has 0 fully saturated rings. The lowest BCUT2D eigenvalue weighted by Gasteiger charge is -2.08. The summed E-state index contributed by atoms with van der Waals surface area (Å²) in [6.07, 6.45) is 0.284. The van der Waals surface area contributed by atoms with Gasteiger partial charge in [-0.2, -0.15) is 10.1 Å². The number of ether oxygens (including phenoxy) is 1. The first-order chi connectivity index (χ1) is 15.0. The summed E-state index contributed by atoms with van der Waals surface area (Å²) < 4.78 is 12.5. The van der Waals surface area contributed by atoms with Gasteiger partial charge < -0.3 is 14.6 Å². The minimum atomic E-state index is -0.0890. The van der Waals surface area contributed by atoms with Crippen molar-refractivity contribution in [1.82, 2.24) is 19.9 Å². The number of aromatic nitrogens is 4. The van der Waals surface area contributed by atoms with E-state index >= 15 is 0 Å². The molecule has 0 spiro atoms. The predicted octanol–water partition coefficient (Wildman–Crippen LogP) is 3.94. The summed E-state index contributed by atoms with van der Waals surface area (Å²) in [7, 11) is 0. The van der Waals surface area contributed by atoms with Gasteiger partial charge in [-0.15, -0.1) is 0 Å². The summed E-state index contributed by atoms with van der Waals surface area (Å²) in [4.78, 5) is 16.5. The molecule has 4 rings (SSSR count). The third kappa shape index (κ3) is 5.16. The van der Waals surface area contributed by atoms with E-state index in [4.69, 9.17) is 9.26 Å². The molecule has 1 N–H and O–H groups in total. The maximum atomic E-state index is 12.4. The Morgan fingerprint density at radius 3 is 2.42 bits per heavy atom. The second-order valence-corrected chi connectivity index (χ2v) is 7.28. The predicted molar refractivity (Wildman–Crippen MR) is 115 cm³/mol. The quantitative estimate of drug-likeness (QED) is 0.489. The largest absolute Gasteiger partial charge is 0.484 e. The number of carbonyl (C=O) groups excluding carboxylic acids is 1. The Hall–Kier alpha value is -3.94. The van der Waals surface area contributed by atoms with Crippen LogP contribution >= 0.6 is 0 Å². The van der Waals surface area contributed by atoms with Gasteiger partial charge in [0, 0.05) is 11.4 Å². The van der Waals surface area contributed by atoms with Crippen LogP contribution in [0.5, 0.6) is 5.75 Å². The molecule has 0 aliphatic carbocycles. The molecular weight excluding hydrogens is 394 g/mol. The third-order valence-electron chi connectivity index (χ3n) is 4.63. The van der Waals surface area contributed by atoms with E-state index in [-0.39, 0.29) is 18.9 Å². The number of aryl methyl sites for hydroxylation is 3. The van der Waals surface area contributed by atoms with Gasteiger partial charge in [0.15, 0.2) is 12.4 Å². The molecule has 0 saturated carbocycles. The zero-order chi connectivity index (χ0) is 21.8. The van der Waals surface area contributed by atoms with Crippen LogP contribution in [0.15, 0.2) is 59.1 Å². The smallest absolute Gasteiger partial charge is 0.264 e. The highest BCUT2D eigenvalue weighted by Gasteiger charge is 2.08. The molecule has 0 radical (unpaired) electrons. The fourth-order valence-corrected chi connectivity index (χ4v) is 3.21. The average molecular weight is 417 g/mol. The lowest BCUT2D eigenvalue weighted by atomic mass is 10.1. The van der Waals surface area contributed by atoms with E-state index in [1.807, 2.05) is 48.9 Å². The first kappa shape index (κ1) is 20.3. The maximum Gasteiger partial charge on any atom is 0.264 e. The second-order valence-electron chi connectivity index (χ2n) is 7.28. The molecule has 0 unspecified atom stereocenters. The van der Waals surface area contributed by atoms with E-state index < -0.39 is 0 Å². The van der Waals surface area contributed by atoms with E-state index in [1.54, 1.807) is 31.2 Å². The minimum Gasteiger partial charge on any atom is -0.484 e. The summed E-state index contributed by atoms with van der Waals surface area (Å²) in [6.45, 7) is 5.93. The molecule has 0 aliphatic heterocycles. The number of hydrogen-bond donors (Lipinski definition) is 1. The molecule has 0 aliphatic rings. The van der Waals surface area contributed by atoms with E-state index in [0.29, 0.717) is 23.2 Å². The van der Waals surface area contributed by atoms with Gasteiger partial charge in [-0.3, -0.25) is 4.79 Å². The Balaban J connectivity index is 1.30. The van der Waals surface area contributed by atoms with Gasteiger partial charge in [0.2, 0.25) is 5.91 Å². The van der Waals surface area contributed by atoms with Gasteiger partial charge in [0.1, 0.15) is 5.75 Å². The van der Waals surface area contributed by atoms with Gasteiger partial charge in [0.05, 0.1) is 17.8 Å². The van der Waals surface area contributed by atoms with E-state index in [0.717, 1.165) is 22.6 Å². The molecule has 8 nitrogen and oxygen atoms in total.